The quantitative estimate of drug-likeness (QED) is 0.380. The summed E-state index contributed by atoms with van der Waals surface area (Å²) in [4.78, 5) is 31.1. The van der Waals surface area contributed by atoms with Gasteiger partial charge in [-0.1, -0.05) is 13.3 Å². The van der Waals surface area contributed by atoms with Gasteiger partial charge in [0.25, 0.3) is 0 Å². The minimum Gasteiger partial charge on any atom is -0.423 e. The number of carbonyl (C=O) groups is 1. The summed E-state index contributed by atoms with van der Waals surface area (Å²) in [5.74, 6) is 0.523. The topological polar surface area (TPSA) is 72.6 Å². The van der Waals surface area contributed by atoms with Gasteiger partial charge >= 0.3 is 11.6 Å². The molecule has 0 unspecified atom stereocenters. The van der Waals surface area contributed by atoms with E-state index in [-0.39, 0.29) is 0 Å². The Morgan fingerprint density at radius 2 is 2.04 bits per heavy atom. The van der Waals surface area contributed by atoms with Crippen molar-refractivity contribution in [3.63, 3.8) is 0 Å². The Morgan fingerprint density at radius 1 is 1.21 bits per heavy atom. The van der Waals surface area contributed by atoms with Crippen molar-refractivity contribution < 1.29 is 13.9 Å². The van der Waals surface area contributed by atoms with Gasteiger partial charge < -0.3 is 14.1 Å². The Hall–Kier alpha value is -3.15. The normalized spacial score (nSPS) is 13.8. The van der Waals surface area contributed by atoms with Gasteiger partial charge in [0.15, 0.2) is 0 Å². The van der Waals surface area contributed by atoms with Gasteiger partial charge in [-0.15, -0.1) is 0 Å². The maximum atomic E-state index is 12.8. The minimum absolute atomic E-state index is 0.338. The van der Waals surface area contributed by atoms with Crippen molar-refractivity contribution >= 4 is 22.8 Å². The number of fused-ring (bicyclic) bond motifs is 1. The molecule has 0 saturated carbocycles. The van der Waals surface area contributed by atoms with E-state index >= 15 is 0 Å². The van der Waals surface area contributed by atoms with Crippen LogP contribution in [-0.4, -0.2) is 24.0 Å². The first-order chi connectivity index (χ1) is 13.7. The Kier molecular flexibility index (Phi) is 5.10. The van der Waals surface area contributed by atoms with Crippen LogP contribution < -0.4 is 15.3 Å². The fourth-order valence-electron chi connectivity index (χ4n) is 3.65. The molecule has 1 aromatic carbocycles. The van der Waals surface area contributed by atoms with Crippen molar-refractivity contribution in [2.45, 2.75) is 32.6 Å². The number of aromatic nitrogens is 1. The van der Waals surface area contributed by atoms with Gasteiger partial charge in [0.2, 0.25) is 0 Å². The third kappa shape index (κ3) is 3.63. The molecule has 6 heteroatoms. The zero-order chi connectivity index (χ0) is 19.5. The monoisotopic (exact) mass is 378 g/mol. The number of esters is 1. The van der Waals surface area contributed by atoms with Gasteiger partial charge in [0.05, 0.1) is 0 Å². The summed E-state index contributed by atoms with van der Waals surface area (Å²) < 4.78 is 10.9. The number of ether oxygens (including phenoxy) is 1. The number of nitrogens with zero attached hydrogens (tertiary/aromatic N) is 2. The Morgan fingerprint density at radius 3 is 2.82 bits per heavy atom. The van der Waals surface area contributed by atoms with Crippen molar-refractivity contribution in [1.82, 2.24) is 4.98 Å². The molecule has 0 spiro atoms. The zero-order valence-electron chi connectivity index (χ0n) is 15.8. The first kappa shape index (κ1) is 18.2. The van der Waals surface area contributed by atoms with Crippen molar-refractivity contribution in [2.75, 3.05) is 18.0 Å². The van der Waals surface area contributed by atoms with Gasteiger partial charge in [0, 0.05) is 36.8 Å². The summed E-state index contributed by atoms with van der Waals surface area (Å²) in [6, 6.07) is 10.1. The van der Waals surface area contributed by atoms with Crippen LogP contribution in [0.25, 0.3) is 11.0 Å². The standard InChI is InChI=1S/C22H22N2O4/c1-2-6-15-13-20(25)28-19-14-16(8-9-17(15)19)27-22(26)18-7-5-10-23-21(18)24-11-3-4-12-24/h5,7-10,13-14H,2-4,6,11-12H2,1H3. The first-order valence-corrected chi connectivity index (χ1v) is 9.64. The molecule has 6 nitrogen and oxygen atoms in total. The molecular formula is C22H22N2O4. The molecule has 1 aliphatic heterocycles. The molecule has 0 N–H and O–H groups in total. The van der Waals surface area contributed by atoms with Crippen LogP contribution in [0.1, 0.15) is 42.1 Å². The lowest BCUT2D eigenvalue weighted by molar-refractivity contribution is 0.0735. The number of pyridine rings is 1. The molecule has 3 aromatic rings. The third-order valence-electron chi connectivity index (χ3n) is 4.94. The van der Waals surface area contributed by atoms with Crippen molar-refractivity contribution in [1.29, 1.82) is 0 Å². The van der Waals surface area contributed by atoms with Gasteiger partial charge in [-0.2, -0.15) is 0 Å². The van der Waals surface area contributed by atoms with Crippen LogP contribution >= 0.6 is 0 Å². The SMILES string of the molecule is CCCc1cc(=O)oc2cc(OC(=O)c3cccnc3N3CCCC3)ccc12. The molecule has 3 heterocycles. The van der Waals surface area contributed by atoms with Gasteiger partial charge in [-0.3, -0.25) is 0 Å². The fraction of sp³-hybridized carbons (Fsp3) is 0.318. The van der Waals surface area contributed by atoms with Crippen molar-refractivity contribution in [2.24, 2.45) is 0 Å². The second kappa shape index (κ2) is 7.84. The maximum absolute atomic E-state index is 12.8. The summed E-state index contributed by atoms with van der Waals surface area (Å²) in [6.07, 6.45) is 5.58. The molecule has 0 radical (unpaired) electrons. The van der Waals surface area contributed by atoms with E-state index in [0.29, 0.717) is 22.7 Å². The van der Waals surface area contributed by atoms with Crippen LogP contribution in [0.4, 0.5) is 5.82 Å². The van der Waals surface area contributed by atoms with Gasteiger partial charge in [-0.05, 0) is 49.1 Å². The largest absolute Gasteiger partial charge is 0.423 e. The number of aryl methyl sites for hydroxylation is 1. The summed E-state index contributed by atoms with van der Waals surface area (Å²) >= 11 is 0. The smallest absolute Gasteiger partial charge is 0.347 e. The van der Waals surface area contributed by atoms with Crippen LogP contribution in [-0.2, 0) is 6.42 Å². The number of carbonyl (C=O) groups excluding carboxylic acids is 1. The molecule has 4 rings (SSSR count). The molecule has 1 fully saturated rings. The van der Waals surface area contributed by atoms with Crippen LogP contribution in [0.5, 0.6) is 5.75 Å². The molecule has 0 amide bonds. The van der Waals surface area contributed by atoms with Crippen molar-refractivity contribution in [3.8, 4) is 5.75 Å². The molecule has 1 aliphatic rings. The predicted octanol–water partition coefficient (Wildman–Crippen LogP) is 3.96. The zero-order valence-corrected chi connectivity index (χ0v) is 15.8. The van der Waals surface area contributed by atoms with Crippen LogP contribution in [0.3, 0.4) is 0 Å². The maximum Gasteiger partial charge on any atom is 0.347 e. The predicted molar refractivity (Wildman–Crippen MR) is 107 cm³/mol. The van der Waals surface area contributed by atoms with Crippen molar-refractivity contribution in [3.05, 3.63) is 64.1 Å². The van der Waals surface area contributed by atoms with E-state index in [1.165, 1.54) is 6.07 Å². The summed E-state index contributed by atoms with van der Waals surface area (Å²) in [5.41, 5.74) is 1.40. The first-order valence-electron chi connectivity index (χ1n) is 9.64. The molecule has 0 bridgehead atoms. The Labute approximate surface area is 162 Å². The molecule has 1 saturated heterocycles. The van der Waals surface area contributed by atoms with E-state index in [9.17, 15) is 9.59 Å². The lowest BCUT2D eigenvalue weighted by Gasteiger charge is -2.18. The van der Waals surface area contributed by atoms with Crippen LogP contribution in [0.2, 0.25) is 0 Å². The highest BCUT2D eigenvalue weighted by Gasteiger charge is 2.22. The number of rotatable bonds is 5. The second-order valence-electron chi connectivity index (χ2n) is 6.96. The molecule has 144 valence electrons. The average molecular weight is 378 g/mol. The van der Waals surface area contributed by atoms with E-state index < -0.39 is 11.6 Å². The Bertz CT molecular complexity index is 1070. The van der Waals surface area contributed by atoms with E-state index in [1.807, 2.05) is 6.07 Å². The number of hydrogen-bond acceptors (Lipinski definition) is 6. The highest BCUT2D eigenvalue weighted by Crippen LogP contribution is 2.26. The van der Waals surface area contributed by atoms with Gasteiger partial charge in [-0.25, -0.2) is 14.6 Å². The van der Waals surface area contributed by atoms with E-state index in [1.54, 1.807) is 30.5 Å². The van der Waals surface area contributed by atoms with Crippen LogP contribution in [0, 0.1) is 0 Å². The van der Waals surface area contributed by atoms with Crippen LogP contribution in [0.15, 0.2) is 51.8 Å². The van der Waals surface area contributed by atoms with E-state index in [2.05, 4.69) is 16.8 Å². The highest BCUT2D eigenvalue weighted by molar-refractivity contribution is 5.96. The van der Waals surface area contributed by atoms with E-state index in [0.717, 1.165) is 49.7 Å². The number of hydrogen-bond donors (Lipinski definition) is 0. The molecule has 2 aromatic heterocycles. The second-order valence-corrected chi connectivity index (χ2v) is 6.96. The lowest BCUT2D eigenvalue weighted by atomic mass is 10.1. The third-order valence-corrected chi connectivity index (χ3v) is 4.94. The summed E-state index contributed by atoms with van der Waals surface area (Å²) in [7, 11) is 0. The van der Waals surface area contributed by atoms with E-state index in [4.69, 9.17) is 9.15 Å². The van der Waals surface area contributed by atoms with Gasteiger partial charge in [0.1, 0.15) is 22.7 Å². The highest BCUT2D eigenvalue weighted by atomic mass is 16.5. The summed E-state index contributed by atoms with van der Waals surface area (Å²) in [5, 5.41) is 0.861. The lowest BCUT2D eigenvalue weighted by Crippen LogP contribution is -2.23. The minimum atomic E-state index is -0.471. The molecule has 28 heavy (non-hydrogen) atoms. The summed E-state index contributed by atoms with van der Waals surface area (Å²) in [6.45, 7) is 3.83. The molecule has 0 atom stereocenters. The molecular weight excluding hydrogens is 356 g/mol. The number of benzene rings is 1. The average Bonchev–Trinajstić information content (AvgIpc) is 3.22. The number of anilines is 1. The fourth-order valence-corrected chi connectivity index (χ4v) is 3.65. The molecule has 0 aliphatic carbocycles. The Balaban J connectivity index is 1.63.